The number of ether oxygens (including phenoxy) is 2. The molecule has 1 aliphatic rings. The third-order valence-electron chi connectivity index (χ3n) is 2.79. The summed E-state index contributed by atoms with van der Waals surface area (Å²) in [6, 6.07) is 0. The molecule has 0 bridgehead atoms. The molecule has 1 rings (SSSR count). The van der Waals surface area contributed by atoms with Crippen molar-refractivity contribution < 1.29 is 14.3 Å². The molecular formula is C13H24O3. The minimum Gasteiger partial charge on any atom is -0.435 e. The fourth-order valence-corrected chi connectivity index (χ4v) is 1.78. The summed E-state index contributed by atoms with van der Waals surface area (Å²) in [5, 5.41) is 0. The van der Waals surface area contributed by atoms with E-state index in [0.717, 1.165) is 12.8 Å². The van der Waals surface area contributed by atoms with Gasteiger partial charge in [0.2, 0.25) is 6.29 Å². The molecule has 1 aliphatic heterocycles. The molecule has 0 saturated carbocycles. The lowest BCUT2D eigenvalue weighted by atomic mass is 9.94. The van der Waals surface area contributed by atoms with Gasteiger partial charge in [0.1, 0.15) is 0 Å². The van der Waals surface area contributed by atoms with Gasteiger partial charge in [-0.05, 0) is 6.42 Å². The van der Waals surface area contributed by atoms with Crippen LogP contribution in [0.15, 0.2) is 0 Å². The molecule has 0 spiro atoms. The average molecular weight is 228 g/mol. The van der Waals surface area contributed by atoms with E-state index in [1.807, 2.05) is 20.8 Å². The first-order valence-electron chi connectivity index (χ1n) is 6.28. The first kappa shape index (κ1) is 13.5. The average Bonchev–Trinajstić information content (AvgIpc) is 2.16. The zero-order valence-corrected chi connectivity index (χ0v) is 10.9. The van der Waals surface area contributed by atoms with E-state index in [4.69, 9.17) is 9.47 Å². The van der Waals surface area contributed by atoms with E-state index in [9.17, 15) is 4.79 Å². The molecule has 0 aromatic carbocycles. The van der Waals surface area contributed by atoms with Gasteiger partial charge in [0.15, 0.2) is 0 Å². The lowest BCUT2D eigenvalue weighted by Crippen LogP contribution is -2.42. The maximum absolute atomic E-state index is 11.5. The molecule has 0 N–H and O–H groups in total. The predicted octanol–water partition coefficient (Wildman–Crippen LogP) is 3.27. The van der Waals surface area contributed by atoms with Crippen LogP contribution in [0.5, 0.6) is 0 Å². The lowest BCUT2D eigenvalue weighted by Gasteiger charge is -2.36. The lowest BCUT2D eigenvalue weighted by molar-refractivity contribution is -0.243. The first-order chi connectivity index (χ1) is 7.43. The molecule has 3 nitrogen and oxygen atoms in total. The van der Waals surface area contributed by atoms with Crippen LogP contribution in [0.4, 0.5) is 0 Å². The SMILES string of the molecule is CCCCC[C@@H]1CC(=O)O[C@H](C(C)(C)C)O1. The van der Waals surface area contributed by atoms with Crippen molar-refractivity contribution in [2.24, 2.45) is 5.41 Å². The fraction of sp³-hybridized carbons (Fsp3) is 0.923. The zero-order chi connectivity index (χ0) is 12.2. The van der Waals surface area contributed by atoms with Crippen molar-refractivity contribution in [3.63, 3.8) is 0 Å². The Morgan fingerprint density at radius 3 is 2.56 bits per heavy atom. The van der Waals surface area contributed by atoms with Crippen LogP contribution in [0.2, 0.25) is 0 Å². The fourth-order valence-electron chi connectivity index (χ4n) is 1.78. The van der Waals surface area contributed by atoms with Gasteiger partial charge in [0.05, 0.1) is 12.5 Å². The van der Waals surface area contributed by atoms with Crippen LogP contribution in [0.1, 0.15) is 59.8 Å². The molecule has 2 atom stereocenters. The quantitative estimate of drug-likeness (QED) is 0.547. The van der Waals surface area contributed by atoms with Crippen LogP contribution in [0.25, 0.3) is 0 Å². The van der Waals surface area contributed by atoms with Crippen molar-refractivity contribution in [2.45, 2.75) is 72.2 Å². The van der Waals surface area contributed by atoms with E-state index in [2.05, 4.69) is 6.92 Å². The molecule has 94 valence electrons. The van der Waals surface area contributed by atoms with E-state index in [1.165, 1.54) is 12.8 Å². The van der Waals surface area contributed by atoms with Crippen molar-refractivity contribution in [3.8, 4) is 0 Å². The van der Waals surface area contributed by atoms with E-state index in [0.29, 0.717) is 6.42 Å². The number of hydrogen-bond acceptors (Lipinski definition) is 3. The maximum Gasteiger partial charge on any atom is 0.310 e. The number of unbranched alkanes of at least 4 members (excludes halogenated alkanes) is 2. The third kappa shape index (κ3) is 4.12. The standard InChI is InChI=1S/C13H24O3/c1-5-6-7-8-10-9-11(14)16-12(15-10)13(2,3)4/h10,12H,5-9H2,1-4H3/t10-,12-/m1/s1. The maximum atomic E-state index is 11.5. The van der Waals surface area contributed by atoms with Gasteiger partial charge < -0.3 is 9.47 Å². The van der Waals surface area contributed by atoms with Gasteiger partial charge in [-0.3, -0.25) is 4.79 Å². The largest absolute Gasteiger partial charge is 0.435 e. The number of rotatable bonds is 4. The summed E-state index contributed by atoms with van der Waals surface area (Å²) in [7, 11) is 0. The minimum atomic E-state index is -0.389. The number of carbonyl (C=O) groups is 1. The van der Waals surface area contributed by atoms with E-state index in [-0.39, 0.29) is 23.8 Å². The van der Waals surface area contributed by atoms with Crippen molar-refractivity contribution in [3.05, 3.63) is 0 Å². The van der Waals surface area contributed by atoms with Crippen LogP contribution in [0.3, 0.4) is 0 Å². The number of esters is 1. The molecule has 0 radical (unpaired) electrons. The summed E-state index contributed by atoms with van der Waals surface area (Å²) in [5.74, 6) is -0.118. The number of hydrogen-bond donors (Lipinski definition) is 0. The predicted molar refractivity (Wildman–Crippen MR) is 63.0 cm³/mol. The molecule has 0 amide bonds. The van der Waals surface area contributed by atoms with Crippen molar-refractivity contribution >= 4 is 5.97 Å². The highest BCUT2D eigenvalue weighted by Crippen LogP contribution is 2.30. The molecule has 0 unspecified atom stereocenters. The highest BCUT2D eigenvalue weighted by atomic mass is 16.7. The normalized spacial score (nSPS) is 26.6. The summed E-state index contributed by atoms with van der Waals surface area (Å²) in [6.45, 7) is 8.26. The van der Waals surface area contributed by atoms with E-state index in [1.54, 1.807) is 0 Å². The minimum absolute atomic E-state index is 0.0528. The molecule has 0 aliphatic carbocycles. The topological polar surface area (TPSA) is 35.5 Å². The first-order valence-corrected chi connectivity index (χ1v) is 6.28. The summed E-state index contributed by atoms with van der Waals surface area (Å²) in [4.78, 5) is 11.5. The summed E-state index contributed by atoms with van der Waals surface area (Å²) in [6.07, 6.45) is 4.57. The Hall–Kier alpha value is -0.570. The zero-order valence-electron chi connectivity index (χ0n) is 10.9. The molecule has 1 heterocycles. The molecule has 0 aromatic heterocycles. The van der Waals surface area contributed by atoms with Crippen molar-refractivity contribution in [1.82, 2.24) is 0 Å². The summed E-state index contributed by atoms with van der Waals surface area (Å²) < 4.78 is 11.1. The van der Waals surface area contributed by atoms with Crippen molar-refractivity contribution in [2.75, 3.05) is 0 Å². The van der Waals surface area contributed by atoms with Gasteiger partial charge in [0, 0.05) is 5.41 Å². The molecular weight excluding hydrogens is 204 g/mol. The molecule has 1 saturated heterocycles. The van der Waals surface area contributed by atoms with Crippen molar-refractivity contribution in [1.29, 1.82) is 0 Å². The molecule has 16 heavy (non-hydrogen) atoms. The molecule has 3 heteroatoms. The van der Waals surface area contributed by atoms with Crippen LogP contribution in [-0.4, -0.2) is 18.4 Å². The van der Waals surface area contributed by atoms with Gasteiger partial charge in [-0.25, -0.2) is 0 Å². The Morgan fingerprint density at radius 1 is 1.31 bits per heavy atom. The highest BCUT2D eigenvalue weighted by molar-refractivity contribution is 5.70. The van der Waals surface area contributed by atoms with Gasteiger partial charge in [0.25, 0.3) is 0 Å². The Balaban J connectivity index is 2.45. The second-order valence-electron chi connectivity index (χ2n) is 5.65. The van der Waals surface area contributed by atoms with Gasteiger partial charge in [-0.15, -0.1) is 0 Å². The number of cyclic esters (lactones) is 1. The van der Waals surface area contributed by atoms with Gasteiger partial charge >= 0.3 is 5.97 Å². The van der Waals surface area contributed by atoms with E-state index >= 15 is 0 Å². The van der Waals surface area contributed by atoms with Crippen LogP contribution in [-0.2, 0) is 14.3 Å². The third-order valence-corrected chi connectivity index (χ3v) is 2.79. The second-order valence-corrected chi connectivity index (χ2v) is 5.65. The summed E-state index contributed by atoms with van der Waals surface area (Å²) in [5.41, 5.74) is -0.140. The monoisotopic (exact) mass is 228 g/mol. The summed E-state index contributed by atoms with van der Waals surface area (Å²) >= 11 is 0. The second kappa shape index (κ2) is 5.67. The number of carbonyl (C=O) groups excluding carboxylic acids is 1. The molecule has 1 fully saturated rings. The Labute approximate surface area is 98.5 Å². The Kier molecular flexibility index (Phi) is 4.78. The smallest absolute Gasteiger partial charge is 0.310 e. The van der Waals surface area contributed by atoms with Gasteiger partial charge in [-0.1, -0.05) is 47.0 Å². The Morgan fingerprint density at radius 2 is 2.00 bits per heavy atom. The van der Waals surface area contributed by atoms with Crippen LogP contribution in [0, 0.1) is 5.41 Å². The van der Waals surface area contributed by atoms with Gasteiger partial charge in [-0.2, -0.15) is 0 Å². The highest BCUT2D eigenvalue weighted by Gasteiger charge is 2.36. The molecule has 0 aromatic rings. The van der Waals surface area contributed by atoms with E-state index < -0.39 is 0 Å². The van der Waals surface area contributed by atoms with Crippen LogP contribution >= 0.6 is 0 Å². The Bertz CT molecular complexity index is 230. The van der Waals surface area contributed by atoms with Crippen LogP contribution < -0.4 is 0 Å².